The molecule has 0 amide bonds. The topological polar surface area (TPSA) is 91.7 Å². The summed E-state index contributed by atoms with van der Waals surface area (Å²) in [7, 11) is -4.21. The van der Waals surface area contributed by atoms with E-state index >= 15 is 0 Å². The van der Waals surface area contributed by atoms with Gasteiger partial charge in [-0.25, -0.2) is 0 Å². The van der Waals surface area contributed by atoms with Crippen LogP contribution in [0.1, 0.15) is 50.5 Å². The Balaban J connectivity index is 2.87. The van der Waals surface area contributed by atoms with Gasteiger partial charge in [0.1, 0.15) is 0 Å². The van der Waals surface area contributed by atoms with Crippen molar-refractivity contribution in [3.05, 3.63) is 29.8 Å². The molecular weight excluding hydrogens is 280 g/mol. The van der Waals surface area contributed by atoms with E-state index in [0.29, 0.717) is 0 Å². The highest BCUT2D eigenvalue weighted by Gasteiger charge is 2.16. The number of carboxylic acids is 1. The van der Waals surface area contributed by atoms with Crippen LogP contribution in [-0.4, -0.2) is 24.0 Å². The Kier molecular flexibility index (Phi) is 6.16. The Morgan fingerprint density at radius 3 is 2.25 bits per heavy atom. The van der Waals surface area contributed by atoms with Crippen molar-refractivity contribution in [1.82, 2.24) is 0 Å². The Bertz CT molecular complexity index is 533. The molecule has 1 atom stereocenters. The summed E-state index contributed by atoms with van der Waals surface area (Å²) in [5, 5.41) is 8.95. The van der Waals surface area contributed by atoms with E-state index in [9.17, 15) is 13.2 Å². The minimum absolute atomic E-state index is 0.0228. The third kappa shape index (κ3) is 5.30. The Morgan fingerprint density at radius 1 is 1.20 bits per heavy atom. The van der Waals surface area contributed by atoms with Crippen LogP contribution in [0.5, 0.6) is 0 Å². The normalized spacial score (nSPS) is 13.1. The van der Waals surface area contributed by atoms with Crippen molar-refractivity contribution < 1.29 is 22.9 Å². The van der Waals surface area contributed by atoms with E-state index in [1.54, 1.807) is 12.1 Å². The lowest BCUT2D eigenvalue weighted by molar-refractivity contribution is -0.137. The molecule has 1 aromatic rings. The smallest absolute Gasteiger partial charge is 0.303 e. The molecule has 112 valence electrons. The summed E-state index contributed by atoms with van der Waals surface area (Å²) in [6, 6.07) is 5.75. The largest absolute Gasteiger partial charge is 0.481 e. The molecule has 1 rings (SSSR count). The fourth-order valence-corrected chi connectivity index (χ4v) is 2.63. The van der Waals surface area contributed by atoms with Crippen molar-refractivity contribution in [1.29, 1.82) is 0 Å². The summed E-state index contributed by atoms with van der Waals surface area (Å²) in [6.07, 6.45) is 3.81. The summed E-state index contributed by atoms with van der Waals surface area (Å²) in [5.41, 5.74) is 0.788. The van der Waals surface area contributed by atoms with Gasteiger partial charge in [-0.1, -0.05) is 38.3 Å². The van der Waals surface area contributed by atoms with Crippen molar-refractivity contribution in [2.24, 2.45) is 0 Å². The third-order valence-electron chi connectivity index (χ3n) is 3.23. The van der Waals surface area contributed by atoms with Gasteiger partial charge in [-0.05, 0) is 30.0 Å². The van der Waals surface area contributed by atoms with Crippen LogP contribution in [0.25, 0.3) is 0 Å². The lowest BCUT2D eigenvalue weighted by Gasteiger charge is -2.15. The Hall–Kier alpha value is -1.40. The van der Waals surface area contributed by atoms with Gasteiger partial charge < -0.3 is 5.11 Å². The summed E-state index contributed by atoms with van der Waals surface area (Å²) in [5.74, 6) is -1.00. The van der Waals surface area contributed by atoms with Crippen LogP contribution in [0.2, 0.25) is 0 Å². The van der Waals surface area contributed by atoms with Gasteiger partial charge in [-0.2, -0.15) is 8.42 Å². The molecule has 0 aliphatic carbocycles. The molecule has 0 saturated heterocycles. The molecule has 0 bridgehead atoms. The fraction of sp³-hybridized carbons (Fsp3) is 0.500. The second-order valence-corrected chi connectivity index (χ2v) is 6.26. The molecule has 6 heteroatoms. The molecule has 0 aliphatic heterocycles. The van der Waals surface area contributed by atoms with E-state index in [1.807, 2.05) is 0 Å². The molecule has 0 saturated carbocycles. The van der Waals surface area contributed by atoms with Crippen molar-refractivity contribution >= 4 is 16.1 Å². The number of aliphatic carboxylic acids is 1. The zero-order chi connectivity index (χ0) is 15.2. The molecule has 0 heterocycles. The molecule has 0 spiro atoms. The lowest BCUT2D eigenvalue weighted by atomic mass is 9.90. The van der Waals surface area contributed by atoms with Gasteiger partial charge in [-0.15, -0.1) is 0 Å². The van der Waals surface area contributed by atoms with Crippen LogP contribution < -0.4 is 0 Å². The number of rotatable bonds is 8. The zero-order valence-electron chi connectivity index (χ0n) is 11.4. The highest BCUT2D eigenvalue weighted by molar-refractivity contribution is 7.85. The van der Waals surface area contributed by atoms with Crippen molar-refractivity contribution in [2.45, 2.75) is 49.8 Å². The summed E-state index contributed by atoms with van der Waals surface area (Å²) in [6.45, 7) is 2.08. The number of hydrogen-bond acceptors (Lipinski definition) is 3. The van der Waals surface area contributed by atoms with Crippen molar-refractivity contribution in [3.8, 4) is 0 Å². The first-order valence-corrected chi connectivity index (χ1v) is 8.08. The third-order valence-corrected chi connectivity index (χ3v) is 4.09. The maximum Gasteiger partial charge on any atom is 0.303 e. The van der Waals surface area contributed by atoms with E-state index in [-0.39, 0.29) is 17.2 Å². The van der Waals surface area contributed by atoms with Crippen LogP contribution in [0.15, 0.2) is 29.2 Å². The van der Waals surface area contributed by atoms with Gasteiger partial charge >= 0.3 is 5.97 Å². The van der Waals surface area contributed by atoms with Gasteiger partial charge in [0.15, 0.2) is 0 Å². The molecule has 0 fully saturated rings. The van der Waals surface area contributed by atoms with Crippen LogP contribution >= 0.6 is 0 Å². The minimum atomic E-state index is -4.21. The van der Waals surface area contributed by atoms with E-state index in [1.165, 1.54) is 12.1 Å². The van der Waals surface area contributed by atoms with Crippen molar-refractivity contribution in [2.75, 3.05) is 0 Å². The molecule has 0 aromatic heterocycles. The average molecular weight is 300 g/mol. The SMILES string of the molecule is CCCCCC(CC(=O)O)c1ccc(S(=O)(=O)O)cc1. The van der Waals surface area contributed by atoms with Gasteiger partial charge in [0.05, 0.1) is 11.3 Å². The summed E-state index contributed by atoms with van der Waals surface area (Å²) in [4.78, 5) is 10.7. The molecular formula is C14H20O5S. The molecule has 5 nitrogen and oxygen atoms in total. The minimum Gasteiger partial charge on any atom is -0.481 e. The second kappa shape index (κ2) is 7.40. The highest BCUT2D eigenvalue weighted by Crippen LogP contribution is 2.27. The lowest BCUT2D eigenvalue weighted by Crippen LogP contribution is -2.07. The number of unbranched alkanes of at least 4 members (excludes halogenated alkanes) is 2. The first-order valence-electron chi connectivity index (χ1n) is 6.63. The number of carbonyl (C=O) groups is 1. The summed E-state index contributed by atoms with van der Waals surface area (Å²) < 4.78 is 30.8. The van der Waals surface area contributed by atoms with Gasteiger partial charge in [-0.3, -0.25) is 9.35 Å². The standard InChI is InChI=1S/C14H20O5S/c1-2-3-4-5-12(10-14(15)16)11-6-8-13(9-7-11)20(17,18)19/h6-9,12H,2-5,10H2,1H3,(H,15,16)(H,17,18,19). The van der Waals surface area contributed by atoms with Gasteiger partial charge in [0, 0.05) is 0 Å². The van der Waals surface area contributed by atoms with Gasteiger partial charge in [0.25, 0.3) is 10.1 Å². The fourth-order valence-electron chi connectivity index (χ4n) is 2.15. The predicted molar refractivity (Wildman–Crippen MR) is 75.4 cm³/mol. The van der Waals surface area contributed by atoms with Crippen molar-refractivity contribution in [3.63, 3.8) is 0 Å². The molecule has 0 radical (unpaired) electrons. The maximum atomic E-state index is 11.0. The van der Waals surface area contributed by atoms with E-state index in [2.05, 4.69) is 6.92 Å². The van der Waals surface area contributed by atoms with Gasteiger partial charge in [0.2, 0.25) is 0 Å². The second-order valence-electron chi connectivity index (χ2n) is 4.83. The molecule has 2 N–H and O–H groups in total. The number of hydrogen-bond donors (Lipinski definition) is 2. The first-order chi connectivity index (χ1) is 9.34. The molecule has 1 aromatic carbocycles. The quantitative estimate of drug-likeness (QED) is 0.568. The van der Waals surface area contributed by atoms with Crippen LogP contribution in [0.4, 0.5) is 0 Å². The van der Waals surface area contributed by atoms with E-state index in [0.717, 1.165) is 31.2 Å². The molecule has 0 aliphatic rings. The molecule has 20 heavy (non-hydrogen) atoms. The maximum absolute atomic E-state index is 11.0. The zero-order valence-corrected chi connectivity index (χ0v) is 12.3. The number of benzene rings is 1. The van der Waals surface area contributed by atoms with E-state index < -0.39 is 16.1 Å². The van der Waals surface area contributed by atoms with E-state index in [4.69, 9.17) is 9.66 Å². The number of carboxylic acid groups (broad SMARTS) is 1. The first kappa shape index (κ1) is 16.7. The highest BCUT2D eigenvalue weighted by atomic mass is 32.2. The van der Waals surface area contributed by atoms with Crippen LogP contribution in [-0.2, 0) is 14.9 Å². The van der Waals surface area contributed by atoms with Crippen LogP contribution in [0.3, 0.4) is 0 Å². The molecule has 1 unspecified atom stereocenters. The predicted octanol–water partition coefficient (Wildman–Crippen LogP) is 3.07. The monoisotopic (exact) mass is 300 g/mol. The average Bonchev–Trinajstić information content (AvgIpc) is 2.36. The Morgan fingerprint density at radius 2 is 1.80 bits per heavy atom. The summed E-state index contributed by atoms with van der Waals surface area (Å²) >= 11 is 0. The Labute approximate surface area is 119 Å². The van der Waals surface area contributed by atoms with Crippen LogP contribution in [0, 0.1) is 0 Å².